The molecular weight excluding hydrogens is 213 g/mol. The van der Waals surface area contributed by atoms with E-state index in [1.807, 2.05) is 0 Å². The van der Waals surface area contributed by atoms with Crippen molar-refractivity contribution < 1.29 is 14.0 Å². The third kappa shape index (κ3) is 1.20. The minimum atomic E-state index is -0.767. The van der Waals surface area contributed by atoms with E-state index in [0.29, 0.717) is 4.73 Å². The highest BCUT2D eigenvalue weighted by molar-refractivity contribution is 6.31. The Bertz CT molecular complexity index is 473. The van der Waals surface area contributed by atoms with Crippen LogP contribution < -0.4 is 9.58 Å². The molecule has 14 heavy (non-hydrogen) atoms. The van der Waals surface area contributed by atoms with Crippen LogP contribution in [0, 0.1) is 16.2 Å². The molecule has 1 aromatic carbocycles. The van der Waals surface area contributed by atoms with Crippen molar-refractivity contribution in [2.24, 2.45) is 0 Å². The first-order valence-corrected chi connectivity index (χ1v) is 3.94. The average molecular weight is 216 g/mol. The molecule has 5 nitrogen and oxygen atoms in total. The Morgan fingerprint density at radius 3 is 2.71 bits per heavy atom. The molecule has 7 heteroatoms. The summed E-state index contributed by atoms with van der Waals surface area (Å²) in [6, 6.07) is 1.95. The Kier molecular flexibility index (Phi) is 1.85. The van der Waals surface area contributed by atoms with E-state index in [2.05, 4.69) is 5.10 Å². The van der Waals surface area contributed by atoms with E-state index < -0.39 is 5.82 Å². The van der Waals surface area contributed by atoms with Gasteiger partial charge in [0.15, 0.2) is 0 Å². The highest BCUT2D eigenvalue weighted by Crippen LogP contribution is 2.17. The van der Waals surface area contributed by atoms with E-state index in [-0.39, 0.29) is 20.9 Å². The van der Waals surface area contributed by atoms with Gasteiger partial charge in [0, 0.05) is 6.07 Å². The summed E-state index contributed by atoms with van der Waals surface area (Å²) in [7, 11) is 0. The van der Waals surface area contributed by atoms with Crippen molar-refractivity contribution in [3.8, 4) is 0 Å². The fraction of sp³-hybridized carbons (Fsp3) is 0. The van der Waals surface area contributed by atoms with Crippen LogP contribution in [0.3, 0.4) is 0 Å². The second-order valence-electron chi connectivity index (χ2n) is 2.58. The van der Waals surface area contributed by atoms with Gasteiger partial charge >= 0.3 is 11.8 Å². The summed E-state index contributed by atoms with van der Waals surface area (Å²) in [5.74, 6) is -0.767. The van der Waals surface area contributed by atoms with Gasteiger partial charge in [-0.05, 0) is 0 Å². The number of aromatic nitrogens is 3. The van der Waals surface area contributed by atoms with Crippen LogP contribution in [0.25, 0.3) is 11.0 Å². The summed E-state index contributed by atoms with van der Waals surface area (Å²) in [5, 5.41) is 25.1. The highest BCUT2D eigenvalue weighted by atomic mass is 35.5. The fourth-order valence-electron chi connectivity index (χ4n) is 1.07. The molecule has 0 fully saturated rings. The zero-order chi connectivity index (χ0) is 10.3. The number of halogens is 2. The second-order valence-corrected chi connectivity index (χ2v) is 2.99. The van der Waals surface area contributed by atoms with Crippen LogP contribution in [0.15, 0.2) is 18.5 Å². The van der Waals surface area contributed by atoms with Crippen molar-refractivity contribution in [1.29, 1.82) is 0 Å². The van der Waals surface area contributed by atoms with Gasteiger partial charge in [0.1, 0.15) is 5.82 Å². The van der Waals surface area contributed by atoms with E-state index >= 15 is 0 Å². The van der Waals surface area contributed by atoms with Crippen molar-refractivity contribution in [2.75, 3.05) is 0 Å². The summed E-state index contributed by atoms with van der Waals surface area (Å²) in [5.41, 5.74) is -0.189. The van der Waals surface area contributed by atoms with Crippen LogP contribution in [0.2, 0.25) is 5.02 Å². The molecule has 2 rings (SSSR count). The first kappa shape index (κ1) is 8.89. The van der Waals surface area contributed by atoms with Crippen molar-refractivity contribution in [1.82, 2.24) is 5.10 Å². The Morgan fingerprint density at radius 1 is 1.29 bits per heavy atom. The number of hydrogen-bond donors (Lipinski definition) is 0. The zero-order valence-electron chi connectivity index (χ0n) is 6.65. The predicted molar refractivity (Wildman–Crippen MR) is 44.6 cm³/mol. The first-order chi connectivity index (χ1) is 6.59. The van der Waals surface area contributed by atoms with Crippen LogP contribution in [-0.4, -0.2) is 5.10 Å². The van der Waals surface area contributed by atoms with E-state index in [4.69, 9.17) is 11.6 Å². The van der Waals surface area contributed by atoms with Gasteiger partial charge in [0.2, 0.25) is 10.6 Å². The summed E-state index contributed by atoms with van der Waals surface area (Å²) in [6.07, 6.45) is 0.781. The standard InChI is InChI=1S/C7H3ClFN3O2/c8-4-1-6-7(2-5(4)9)12(14)10-3-11(6)13/h1-3H. The molecule has 72 valence electrons. The van der Waals surface area contributed by atoms with Crippen LogP contribution in [0.4, 0.5) is 4.39 Å². The van der Waals surface area contributed by atoms with Gasteiger partial charge in [-0.3, -0.25) is 0 Å². The van der Waals surface area contributed by atoms with Crippen LogP contribution in [0.1, 0.15) is 0 Å². The monoisotopic (exact) mass is 215 g/mol. The van der Waals surface area contributed by atoms with Crippen molar-refractivity contribution in [2.45, 2.75) is 0 Å². The maximum absolute atomic E-state index is 12.9. The Balaban J connectivity index is 2.94. The zero-order valence-corrected chi connectivity index (χ0v) is 7.40. The van der Waals surface area contributed by atoms with Crippen molar-refractivity contribution in [3.63, 3.8) is 0 Å². The second kappa shape index (κ2) is 2.91. The van der Waals surface area contributed by atoms with Gasteiger partial charge in [0.25, 0.3) is 0 Å². The van der Waals surface area contributed by atoms with Gasteiger partial charge in [-0.2, -0.15) is 0 Å². The molecular formula is C7H3ClFN3O2. The van der Waals surface area contributed by atoms with Gasteiger partial charge in [0.05, 0.1) is 15.9 Å². The predicted octanol–water partition coefficient (Wildman–Crippen LogP) is 0.294. The molecule has 1 aromatic heterocycles. The molecule has 2 aromatic rings. The van der Waals surface area contributed by atoms with Crippen LogP contribution in [-0.2, 0) is 0 Å². The topological polar surface area (TPSA) is 66.8 Å². The quantitative estimate of drug-likeness (QED) is 0.469. The lowest BCUT2D eigenvalue weighted by Gasteiger charge is -2.02. The molecule has 0 bridgehead atoms. The summed E-state index contributed by atoms with van der Waals surface area (Å²) >= 11 is 5.45. The third-order valence-electron chi connectivity index (χ3n) is 1.72. The molecule has 0 aliphatic rings. The van der Waals surface area contributed by atoms with E-state index in [1.54, 1.807) is 0 Å². The van der Waals surface area contributed by atoms with E-state index in [0.717, 1.165) is 18.5 Å². The molecule has 0 aliphatic carbocycles. The number of nitrogens with zero attached hydrogens (tertiary/aromatic N) is 3. The number of rotatable bonds is 0. The maximum Gasteiger partial charge on any atom is 0.365 e. The molecule has 0 saturated heterocycles. The van der Waals surface area contributed by atoms with Crippen LogP contribution in [0.5, 0.6) is 0 Å². The SMILES string of the molecule is [O-][n+]1cn[n+]([O-])c2cc(F)c(Cl)cc21. The number of fused-ring (bicyclic) bond motifs is 1. The molecule has 0 aliphatic heterocycles. The molecule has 1 heterocycles. The smallest absolute Gasteiger partial charge is 0.365 e. The summed E-state index contributed by atoms with van der Waals surface area (Å²) < 4.78 is 13.3. The largest absolute Gasteiger partial charge is 0.710 e. The van der Waals surface area contributed by atoms with Gasteiger partial charge in [-0.15, -0.1) is 0 Å². The lowest BCUT2D eigenvalue weighted by molar-refractivity contribution is -0.680. The van der Waals surface area contributed by atoms with Crippen LogP contribution >= 0.6 is 11.6 Å². The van der Waals surface area contributed by atoms with E-state index in [1.165, 1.54) is 0 Å². The Labute approximate surface area is 82.1 Å². The normalized spacial score (nSPS) is 10.7. The van der Waals surface area contributed by atoms with Gasteiger partial charge in [-0.1, -0.05) is 11.6 Å². The molecule has 0 spiro atoms. The Morgan fingerprint density at radius 2 is 2.00 bits per heavy atom. The Hall–Kier alpha value is -1.69. The number of hydrogen-bond acceptors (Lipinski definition) is 3. The molecule has 0 saturated carbocycles. The van der Waals surface area contributed by atoms with Crippen molar-refractivity contribution >= 4 is 22.6 Å². The number of benzene rings is 1. The minimum absolute atomic E-state index is 0.0265. The summed E-state index contributed by atoms with van der Waals surface area (Å²) in [4.78, 5) is 0.156. The minimum Gasteiger partial charge on any atom is -0.710 e. The van der Waals surface area contributed by atoms with E-state index in [9.17, 15) is 14.8 Å². The average Bonchev–Trinajstić information content (AvgIpc) is 2.15. The first-order valence-electron chi connectivity index (χ1n) is 3.56. The lowest BCUT2D eigenvalue weighted by Crippen LogP contribution is -2.40. The molecule has 0 N–H and O–H groups in total. The third-order valence-corrected chi connectivity index (χ3v) is 2.01. The van der Waals surface area contributed by atoms with Gasteiger partial charge < -0.3 is 10.4 Å². The molecule has 0 unspecified atom stereocenters. The lowest BCUT2D eigenvalue weighted by atomic mass is 10.3. The molecule has 0 amide bonds. The molecule has 0 atom stereocenters. The maximum atomic E-state index is 12.9. The highest BCUT2D eigenvalue weighted by Gasteiger charge is 2.16. The van der Waals surface area contributed by atoms with Crippen molar-refractivity contribution in [3.05, 3.63) is 39.7 Å². The molecule has 0 radical (unpaired) electrons. The van der Waals surface area contributed by atoms with Gasteiger partial charge in [-0.25, -0.2) is 9.12 Å². The fourth-order valence-corrected chi connectivity index (χ4v) is 1.23. The summed E-state index contributed by atoms with van der Waals surface area (Å²) in [6.45, 7) is 0.